The van der Waals surface area contributed by atoms with E-state index in [0.29, 0.717) is 6.42 Å². The summed E-state index contributed by atoms with van der Waals surface area (Å²) in [6, 6.07) is 18.2. The Kier molecular flexibility index (Phi) is 4.65. The van der Waals surface area contributed by atoms with Crippen molar-refractivity contribution in [2.24, 2.45) is 7.05 Å². The quantitative estimate of drug-likeness (QED) is 0.719. The van der Waals surface area contributed by atoms with E-state index in [1.165, 1.54) is 10.9 Å². The number of aryl methyl sites for hydroxylation is 1. The van der Waals surface area contributed by atoms with Crippen LogP contribution in [0.1, 0.15) is 18.4 Å². The van der Waals surface area contributed by atoms with Gasteiger partial charge in [-0.1, -0.05) is 36.4 Å². The molecule has 0 aliphatic carbocycles. The summed E-state index contributed by atoms with van der Waals surface area (Å²) < 4.78 is 8.12. The highest BCUT2D eigenvalue weighted by molar-refractivity contribution is 5.89. The maximum absolute atomic E-state index is 12.8. The van der Waals surface area contributed by atoms with E-state index in [1.54, 1.807) is 0 Å². The van der Waals surface area contributed by atoms with Crippen molar-refractivity contribution in [2.45, 2.75) is 25.4 Å². The van der Waals surface area contributed by atoms with Crippen LogP contribution in [-0.4, -0.2) is 34.6 Å². The molecule has 4 heteroatoms. The van der Waals surface area contributed by atoms with E-state index in [2.05, 4.69) is 22.9 Å². The summed E-state index contributed by atoms with van der Waals surface area (Å²) in [5.74, 6) is 1.12. The Morgan fingerprint density at radius 1 is 1.04 bits per heavy atom. The van der Waals surface area contributed by atoms with Gasteiger partial charge < -0.3 is 14.2 Å². The van der Waals surface area contributed by atoms with Gasteiger partial charge in [-0.25, -0.2) is 0 Å². The number of hydrogen-bond donors (Lipinski definition) is 0. The Morgan fingerprint density at radius 2 is 1.73 bits per heavy atom. The number of para-hydroxylation sites is 2. The molecule has 1 aliphatic heterocycles. The lowest BCUT2D eigenvalue weighted by molar-refractivity contribution is -0.132. The molecule has 134 valence electrons. The number of rotatable bonds is 4. The minimum atomic E-state index is 0.194. The first-order valence-corrected chi connectivity index (χ1v) is 9.23. The molecule has 2 aromatic carbocycles. The zero-order valence-corrected chi connectivity index (χ0v) is 15.1. The van der Waals surface area contributed by atoms with Crippen molar-refractivity contribution >= 4 is 16.8 Å². The number of carbonyl (C=O) groups is 1. The molecule has 0 atom stereocenters. The second kappa shape index (κ2) is 7.24. The minimum absolute atomic E-state index is 0.194. The Morgan fingerprint density at radius 3 is 2.50 bits per heavy atom. The molecule has 0 N–H and O–H groups in total. The van der Waals surface area contributed by atoms with Crippen LogP contribution in [0.5, 0.6) is 5.75 Å². The van der Waals surface area contributed by atoms with Gasteiger partial charge in [0.15, 0.2) is 0 Å². The molecule has 0 unspecified atom stereocenters. The van der Waals surface area contributed by atoms with Crippen molar-refractivity contribution in [3.05, 3.63) is 66.4 Å². The van der Waals surface area contributed by atoms with E-state index in [4.69, 9.17) is 4.74 Å². The van der Waals surface area contributed by atoms with Gasteiger partial charge in [-0.15, -0.1) is 0 Å². The first-order valence-electron chi connectivity index (χ1n) is 9.23. The van der Waals surface area contributed by atoms with Gasteiger partial charge in [-0.3, -0.25) is 4.79 Å². The number of benzene rings is 2. The molecule has 2 heterocycles. The van der Waals surface area contributed by atoms with Gasteiger partial charge >= 0.3 is 0 Å². The van der Waals surface area contributed by atoms with Crippen LogP contribution < -0.4 is 4.74 Å². The van der Waals surface area contributed by atoms with E-state index in [0.717, 1.165) is 37.2 Å². The van der Waals surface area contributed by atoms with Crippen molar-refractivity contribution in [3.8, 4) is 5.75 Å². The van der Waals surface area contributed by atoms with Crippen LogP contribution >= 0.6 is 0 Å². The van der Waals surface area contributed by atoms with E-state index in [1.807, 2.05) is 54.4 Å². The second-order valence-electron chi connectivity index (χ2n) is 6.97. The highest BCUT2D eigenvalue weighted by Gasteiger charge is 2.24. The van der Waals surface area contributed by atoms with Gasteiger partial charge in [0.25, 0.3) is 0 Å². The summed E-state index contributed by atoms with van der Waals surface area (Å²) in [5.41, 5.74) is 2.28. The molecule has 0 saturated carbocycles. The molecule has 3 aromatic rings. The van der Waals surface area contributed by atoms with Crippen LogP contribution in [0.15, 0.2) is 60.8 Å². The molecule has 0 radical (unpaired) electrons. The summed E-state index contributed by atoms with van der Waals surface area (Å²) in [6.07, 6.45) is 4.50. The molecule has 1 aromatic heterocycles. The fourth-order valence-electron chi connectivity index (χ4n) is 3.76. The molecular weight excluding hydrogens is 324 g/mol. The number of ether oxygens (including phenoxy) is 1. The molecule has 1 saturated heterocycles. The number of amides is 1. The topological polar surface area (TPSA) is 34.5 Å². The van der Waals surface area contributed by atoms with E-state index in [9.17, 15) is 4.79 Å². The minimum Gasteiger partial charge on any atom is -0.490 e. The third-order valence-electron chi connectivity index (χ3n) is 5.16. The standard InChI is InChI=1S/C22H24N2O2/c1-23-16-17(20-9-5-6-10-21(20)23)15-22(25)24-13-11-19(12-14-24)26-18-7-3-2-4-8-18/h2-10,16,19H,11-15H2,1H3. The number of hydrogen-bond acceptors (Lipinski definition) is 2. The van der Waals surface area contributed by atoms with Crippen LogP contribution in [0.3, 0.4) is 0 Å². The van der Waals surface area contributed by atoms with E-state index < -0.39 is 0 Å². The van der Waals surface area contributed by atoms with Gasteiger partial charge in [0.05, 0.1) is 6.42 Å². The monoisotopic (exact) mass is 348 g/mol. The molecule has 4 nitrogen and oxygen atoms in total. The van der Waals surface area contributed by atoms with Crippen molar-refractivity contribution in [1.29, 1.82) is 0 Å². The fraction of sp³-hybridized carbons (Fsp3) is 0.318. The Labute approximate surface area is 154 Å². The van der Waals surface area contributed by atoms with Gasteiger partial charge in [-0.05, 0) is 23.8 Å². The van der Waals surface area contributed by atoms with E-state index >= 15 is 0 Å². The first kappa shape index (κ1) is 16.7. The van der Waals surface area contributed by atoms with Crippen LogP contribution in [0, 0.1) is 0 Å². The summed E-state index contributed by atoms with van der Waals surface area (Å²) in [6.45, 7) is 1.53. The molecule has 1 fully saturated rings. The smallest absolute Gasteiger partial charge is 0.227 e. The van der Waals surface area contributed by atoms with Gasteiger partial charge in [0.1, 0.15) is 11.9 Å². The molecule has 0 bridgehead atoms. The van der Waals surface area contributed by atoms with Gasteiger partial charge in [0, 0.05) is 50.1 Å². The largest absolute Gasteiger partial charge is 0.490 e. The summed E-state index contributed by atoms with van der Waals surface area (Å²) in [4.78, 5) is 14.7. The number of piperidine rings is 1. The molecular formula is C22H24N2O2. The van der Waals surface area contributed by atoms with Crippen LogP contribution in [0.4, 0.5) is 0 Å². The lowest BCUT2D eigenvalue weighted by Gasteiger charge is -2.32. The lowest BCUT2D eigenvalue weighted by atomic mass is 10.1. The summed E-state index contributed by atoms with van der Waals surface area (Å²) >= 11 is 0. The molecule has 1 aliphatic rings. The number of likely N-dealkylation sites (tertiary alicyclic amines) is 1. The maximum atomic E-state index is 12.8. The molecule has 4 rings (SSSR count). The van der Waals surface area contributed by atoms with Crippen molar-refractivity contribution in [1.82, 2.24) is 9.47 Å². The van der Waals surface area contributed by atoms with Crippen molar-refractivity contribution < 1.29 is 9.53 Å². The third-order valence-corrected chi connectivity index (χ3v) is 5.16. The zero-order chi connectivity index (χ0) is 17.9. The van der Waals surface area contributed by atoms with Crippen LogP contribution in [0.25, 0.3) is 10.9 Å². The number of carbonyl (C=O) groups excluding carboxylic acids is 1. The lowest BCUT2D eigenvalue weighted by Crippen LogP contribution is -2.42. The number of nitrogens with zero attached hydrogens (tertiary/aromatic N) is 2. The fourth-order valence-corrected chi connectivity index (χ4v) is 3.76. The molecule has 1 amide bonds. The third kappa shape index (κ3) is 3.45. The summed E-state index contributed by atoms with van der Waals surface area (Å²) in [7, 11) is 2.03. The zero-order valence-electron chi connectivity index (χ0n) is 15.1. The van der Waals surface area contributed by atoms with Gasteiger partial charge in [-0.2, -0.15) is 0 Å². The second-order valence-corrected chi connectivity index (χ2v) is 6.97. The Balaban J connectivity index is 1.36. The number of fused-ring (bicyclic) bond motifs is 1. The van der Waals surface area contributed by atoms with Crippen molar-refractivity contribution in [3.63, 3.8) is 0 Å². The Bertz CT molecular complexity index is 893. The van der Waals surface area contributed by atoms with Crippen LogP contribution in [0.2, 0.25) is 0 Å². The first-order chi connectivity index (χ1) is 12.7. The average molecular weight is 348 g/mol. The van der Waals surface area contributed by atoms with Gasteiger partial charge in [0.2, 0.25) is 5.91 Å². The van der Waals surface area contributed by atoms with Crippen LogP contribution in [-0.2, 0) is 18.3 Å². The maximum Gasteiger partial charge on any atom is 0.227 e. The average Bonchev–Trinajstić information content (AvgIpc) is 2.99. The Hall–Kier alpha value is -2.75. The molecule has 26 heavy (non-hydrogen) atoms. The van der Waals surface area contributed by atoms with Crippen molar-refractivity contribution in [2.75, 3.05) is 13.1 Å². The molecule has 0 spiro atoms. The highest BCUT2D eigenvalue weighted by Crippen LogP contribution is 2.23. The number of aromatic nitrogens is 1. The summed E-state index contributed by atoms with van der Waals surface area (Å²) in [5, 5.41) is 1.17. The predicted molar refractivity (Wildman–Crippen MR) is 103 cm³/mol. The SMILES string of the molecule is Cn1cc(CC(=O)N2CCC(Oc3ccccc3)CC2)c2ccccc21. The normalized spacial score (nSPS) is 15.3. The predicted octanol–water partition coefficient (Wildman–Crippen LogP) is 3.79. The van der Waals surface area contributed by atoms with E-state index in [-0.39, 0.29) is 12.0 Å². The highest BCUT2D eigenvalue weighted by atomic mass is 16.5.